The van der Waals surface area contributed by atoms with Crippen LogP contribution in [0.2, 0.25) is 0 Å². The third-order valence-corrected chi connectivity index (χ3v) is 2.75. The normalized spacial score (nSPS) is 12.7. The topological polar surface area (TPSA) is 24.9 Å². The lowest BCUT2D eigenvalue weighted by molar-refractivity contribution is 0.615. The number of hydrogen-bond acceptors (Lipinski definition) is 2. The molecule has 0 fully saturated rings. The van der Waals surface area contributed by atoms with E-state index in [0.717, 1.165) is 31.6 Å². The standard InChI is InChI=1S/C12H19ClN2/c1-3-5-11(13)8-14-9-12-10(2)6-4-7-15-12/h4,6-7,11,14H,3,5,8-9H2,1-2H3. The Balaban J connectivity index is 2.29. The highest BCUT2D eigenvalue weighted by Crippen LogP contribution is 2.05. The van der Waals surface area contributed by atoms with Crippen LogP contribution in [0.3, 0.4) is 0 Å². The minimum Gasteiger partial charge on any atom is -0.310 e. The Morgan fingerprint density at radius 1 is 1.53 bits per heavy atom. The van der Waals surface area contributed by atoms with Crippen molar-refractivity contribution in [2.45, 2.75) is 38.6 Å². The third kappa shape index (κ3) is 4.63. The Morgan fingerprint density at radius 3 is 3.00 bits per heavy atom. The van der Waals surface area contributed by atoms with E-state index in [9.17, 15) is 0 Å². The molecule has 0 saturated carbocycles. The molecule has 0 aromatic carbocycles. The van der Waals surface area contributed by atoms with Gasteiger partial charge in [-0.3, -0.25) is 4.98 Å². The molecular formula is C12H19ClN2. The van der Waals surface area contributed by atoms with Gasteiger partial charge in [0.2, 0.25) is 0 Å². The molecule has 1 aromatic heterocycles. The second-order valence-corrected chi connectivity index (χ2v) is 4.40. The number of halogens is 1. The summed E-state index contributed by atoms with van der Waals surface area (Å²) in [6.07, 6.45) is 4.03. The Labute approximate surface area is 97.1 Å². The fourth-order valence-corrected chi connectivity index (χ4v) is 1.79. The average molecular weight is 227 g/mol. The molecule has 1 rings (SSSR count). The van der Waals surface area contributed by atoms with Gasteiger partial charge in [0, 0.05) is 24.7 Å². The van der Waals surface area contributed by atoms with Gasteiger partial charge in [-0.1, -0.05) is 19.4 Å². The first-order valence-electron chi connectivity index (χ1n) is 5.49. The average Bonchev–Trinajstić information content (AvgIpc) is 2.21. The Kier molecular flexibility index (Phi) is 5.66. The predicted octanol–water partition coefficient (Wildman–Crippen LogP) is 2.89. The highest BCUT2D eigenvalue weighted by Gasteiger charge is 2.03. The molecule has 1 N–H and O–H groups in total. The molecule has 0 saturated heterocycles. The van der Waals surface area contributed by atoms with Gasteiger partial charge in [-0.2, -0.15) is 0 Å². The first kappa shape index (κ1) is 12.5. The van der Waals surface area contributed by atoms with Crippen molar-refractivity contribution >= 4 is 11.6 Å². The summed E-state index contributed by atoms with van der Waals surface area (Å²) in [4.78, 5) is 4.32. The Bertz CT molecular complexity index is 289. The minimum absolute atomic E-state index is 0.235. The largest absolute Gasteiger partial charge is 0.310 e. The van der Waals surface area contributed by atoms with Gasteiger partial charge in [-0.15, -0.1) is 11.6 Å². The smallest absolute Gasteiger partial charge is 0.0570 e. The monoisotopic (exact) mass is 226 g/mol. The molecule has 0 aliphatic rings. The van der Waals surface area contributed by atoms with E-state index in [1.54, 1.807) is 0 Å². The van der Waals surface area contributed by atoms with E-state index in [2.05, 4.69) is 30.2 Å². The highest BCUT2D eigenvalue weighted by molar-refractivity contribution is 6.20. The maximum atomic E-state index is 6.10. The van der Waals surface area contributed by atoms with Crippen molar-refractivity contribution in [2.75, 3.05) is 6.54 Å². The van der Waals surface area contributed by atoms with E-state index in [4.69, 9.17) is 11.6 Å². The van der Waals surface area contributed by atoms with Gasteiger partial charge in [0.15, 0.2) is 0 Å². The van der Waals surface area contributed by atoms with Gasteiger partial charge in [-0.05, 0) is 25.0 Å². The summed E-state index contributed by atoms with van der Waals surface area (Å²) in [5.74, 6) is 0. The van der Waals surface area contributed by atoms with E-state index in [1.165, 1.54) is 5.56 Å². The van der Waals surface area contributed by atoms with Gasteiger partial charge in [0.05, 0.1) is 5.69 Å². The molecule has 84 valence electrons. The minimum atomic E-state index is 0.235. The molecule has 0 spiro atoms. The molecule has 0 amide bonds. The number of rotatable bonds is 6. The van der Waals surface area contributed by atoms with Gasteiger partial charge in [-0.25, -0.2) is 0 Å². The van der Waals surface area contributed by atoms with Gasteiger partial charge >= 0.3 is 0 Å². The van der Waals surface area contributed by atoms with Crippen LogP contribution in [0, 0.1) is 6.92 Å². The van der Waals surface area contributed by atoms with Crippen LogP contribution < -0.4 is 5.32 Å². The Hall–Kier alpha value is -0.600. The maximum Gasteiger partial charge on any atom is 0.0570 e. The lowest BCUT2D eigenvalue weighted by atomic mass is 10.2. The van der Waals surface area contributed by atoms with Gasteiger partial charge in [0.1, 0.15) is 0 Å². The van der Waals surface area contributed by atoms with Crippen LogP contribution in [0.15, 0.2) is 18.3 Å². The summed E-state index contributed by atoms with van der Waals surface area (Å²) >= 11 is 6.10. The molecule has 1 heterocycles. The van der Waals surface area contributed by atoms with E-state index in [1.807, 2.05) is 12.3 Å². The molecule has 1 atom stereocenters. The number of hydrogen-bond donors (Lipinski definition) is 1. The van der Waals surface area contributed by atoms with Crippen molar-refractivity contribution in [2.24, 2.45) is 0 Å². The Morgan fingerprint density at radius 2 is 2.33 bits per heavy atom. The fraction of sp³-hybridized carbons (Fsp3) is 0.583. The summed E-state index contributed by atoms with van der Waals surface area (Å²) < 4.78 is 0. The third-order valence-electron chi connectivity index (χ3n) is 2.38. The summed E-state index contributed by atoms with van der Waals surface area (Å²) in [6, 6.07) is 4.04. The van der Waals surface area contributed by atoms with Crippen LogP contribution in [0.25, 0.3) is 0 Å². The summed E-state index contributed by atoms with van der Waals surface area (Å²) in [7, 11) is 0. The van der Waals surface area contributed by atoms with Crippen LogP contribution in [0.1, 0.15) is 31.0 Å². The first-order valence-corrected chi connectivity index (χ1v) is 5.93. The van der Waals surface area contributed by atoms with E-state index in [0.29, 0.717) is 0 Å². The molecular weight excluding hydrogens is 208 g/mol. The van der Waals surface area contributed by atoms with Crippen molar-refractivity contribution in [3.05, 3.63) is 29.6 Å². The molecule has 0 aliphatic carbocycles. The van der Waals surface area contributed by atoms with Crippen LogP contribution in [-0.4, -0.2) is 16.9 Å². The number of nitrogens with one attached hydrogen (secondary N) is 1. The zero-order valence-corrected chi connectivity index (χ0v) is 10.2. The van der Waals surface area contributed by atoms with E-state index in [-0.39, 0.29) is 5.38 Å². The molecule has 0 bridgehead atoms. The van der Waals surface area contributed by atoms with Crippen LogP contribution in [0.4, 0.5) is 0 Å². The number of alkyl halides is 1. The van der Waals surface area contributed by atoms with Crippen molar-refractivity contribution in [3.63, 3.8) is 0 Å². The SMILES string of the molecule is CCCC(Cl)CNCc1ncccc1C. The highest BCUT2D eigenvalue weighted by atomic mass is 35.5. The van der Waals surface area contributed by atoms with Crippen molar-refractivity contribution in [3.8, 4) is 0 Å². The maximum absolute atomic E-state index is 6.10. The number of aryl methyl sites for hydroxylation is 1. The number of aromatic nitrogens is 1. The second-order valence-electron chi connectivity index (χ2n) is 3.78. The summed E-state index contributed by atoms with van der Waals surface area (Å²) in [5.41, 5.74) is 2.34. The molecule has 0 radical (unpaired) electrons. The number of pyridine rings is 1. The first-order chi connectivity index (χ1) is 7.24. The molecule has 0 aliphatic heterocycles. The van der Waals surface area contributed by atoms with Crippen molar-refractivity contribution in [1.82, 2.24) is 10.3 Å². The zero-order chi connectivity index (χ0) is 11.1. The molecule has 3 heteroatoms. The van der Waals surface area contributed by atoms with E-state index < -0.39 is 0 Å². The lowest BCUT2D eigenvalue weighted by Crippen LogP contribution is -2.23. The molecule has 1 aromatic rings. The number of nitrogens with zero attached hydrogens (tertiary/aromatic N) is 1. The van der Waals surface area contributed by atoms with Crippen LogP contribution >= 0.6 is 11.6 Å². The second kappa shape index (κ2) is 6.81. The van der Waals surface area contributed by atoms with Gasteiger partial charge in [0.25, 0.3) is 0 Å². The summed E-state index contributed by atoms with van der Waals surface area (Å²) in [6.45, 7) is 5.89. The predicted molar refractivity (Wildman–Crippen MR) is 65.2 cm³/mol. The van der Waals surface area contributed by atoms with Gasteiger partial charge < -0.3 is 5.32 Å². The molecule has 2 nitrogen and oxygen atoms in total. The lowest BCUT2D eigenvalue weighted by Gasteiger charge is -2.10. The molecule has 15 heavy (non-hydrogen) atoms. The fourth-order valence-electron chi connectivity index (χ4n) is 1.47. The molecule has 1 unspecified atom stereocenters. The summed E-state index contributed by atoms with van der Waals surface area (Å²) in [5, 5.41) is 3.57. The quantitative estimate of drug-likeness (QED) is 0.755. The van der Waals surface area contributed by atoms with Crippen LogP contribution in [0.5, 0.6) is 0 Å². The van der Waals surface area contributed by atoms with Crippen molar-refractivity contribution in [1.29, 1.82) is 0 Å². The zero-order valence-electron chi connectivity index (χ0n) is 9.46. The van der Waals surface area contributed by atoms with Crippen molar-refractivity contribution < 1.29 is 0 Å². The van der Waals surface area contributed by atoms with Crippen LogP contribution in [-0.2, 0) is 6.54 Å². The van der Waals surface area contributed by atoms with E-state index >= 15 is 0 Å².